The van der Waals surface area contributed by atoms with Crippen molar-refractivity contribution in [2.24, 2.45) is 0 Å². The van der Waals surface area contributed by atoms with Gasteiger partial charge in [0.1, 0.15) is 17.4 Å². The Morgan fingerprint density at radius 1 is 1.27 bits per heavy atom. The zero-order chi connectivity index (χ0) is 18.4. The van der Waals surface area contributed by atoms with Crippen LogP contribution in [0.2, 0.25) is 0 Å². The summed E-state index contributed by atoms with van der Waals surface area (Å²) in [7, 11) is 0. The first-order valence-electron chi connectivity index (χ1n) is 8.38. The van der Waals surface area contributed by atoms with Gasteiger partial charge in [0.25, 0.3) is 5.56 Å². The second kappa shape index (κ2) is 8.57. The highest BCUT2D eigenvalue weighted by atomic mass is 32.1. The maximum atomic E-state index is 12.1. The maximum absolute atomic E-state index is 12.1. The van der Waals surface area contributed by atoms with Gasteiger partial charge in [-0.2, -0.15) is 9.61 Å². The molecule has 0 saturated carbocycles. The first kappa shape index (κ1) is 18.1. The summed E-state index contributed by atoms with van der Waals surface area (Å²) in [6.07, 6.45) is 2.90. The first-order valence-corrected chi connectivity index (χ1v) is 9.19. The molecule has 0 atom stereocenters. The van der Waals surface area contributed by atoms with Crippen LogP contribution in [-0.4, -0.2) is 27.2 Å². The molecule has 0 spiro atoms. The van der Waals surface area contributed by atoms with Gasteiger partial charge in [-0.1, -0.05) is 42.9 Å². The SMILES string of the molecule is CCCCc1nn2c(=O)cc(COC(=O)COc3ccccc3)nc2s1. The number of esters is 1. The molecule has 8 heteroatoms. The van der Waals surface area contributed by atoms with Crippen LogP contribution in [0.15, 0.2) is 41.2 Å². The Balaban J connectivity index is 1.59. The van der Waals surface area contributed by atoms with Crippen molar-refractivity contribution >= 4 is 22.3 Å². The third kappa shape index (κ3) is 4.66. The number of fused-ring (bicyclic) bond motifs is 1. The molecule has 3 aromatic rings. The van der Waals surface area contributed by atoms with E-state index in [1.807, 2.05) is 18.2 Å². The molecule has 7 nitrogen and oxygen atoms in total. The lowest BCUT2D eigenvalue weighted by Gasteiger charge is -2.06. The summed E-state index contributed by atoms with van der Waals surface area (Å²) in [6, 6.07) is 10.3. The van der Waals surface area contributed by atoms with Crippen LogP contribution in [0, 0.1) is 0 Å². The van der Waals surface area contributed by atoms with E-state index in [1.165, 1.54) is 21.9 Å². The number of hydrogen-bond acceptors (Lipinski definition) is 7. The highest BCUT2D eigenvalue weighted by Gasteiger charge is 2.11. The molecule has 0 fully saturated rings. The van der Waals surface area contributed by atoms with Crippen molar-refractivity contribution in [1.82, 2.24) is 14.6 Å². The lowest BCUT2D eigenvalue weighted by atomic mass is 10.3. The highest BCUT2D eigenvalue weighted by Crippen LogP contribution is 2.14. The van der Waals surface area contributed by atoms with Crippen LogP contribution >= 0.6 is 11.3 Å². The van der Waals surface area contributed by atoms with Crippen LogP contribution in [0.1, 0.15) is 30.5 Å². The van der Waals surface area contributed by atoms with Crippen molar-refractivity contribution < 1.29 is 14.3 Å². The summed E-state index contributed by atoms with van der Waals surface area (Å²) in [5.41, 5.74) is 0.120. The number of carbonyl (C=O) groups excluding carboxylic acids is 1. The third-order valence-electron chi connectivity index (χ3n) is 3.57. The van der Waals surface area contributed by atoms with Crippen LogP contribution in [0.4, 0.5) is 0 Å². The van der Waals surface area contributed by atoms with Crippen molar-refractivity contribution in [3.05, 3.63) is 57.5 Å². The van der Waals surface area contributed by atoms with Crippen LogP contribution in [0.3, 0.4) is 0 Å². The Bertz CT molecular complexity index is 937. The zero-order valence-electron chi connectivity index (χ0n) is 14.4. The average molecular weight is 373 g/mol. The van der Waals surface area contributed by atoms with Gasteiger partial charge in [0.05, 0.1) is 5.69 Å². The lowest BCUT2D eigenvalue weighted by Crippen LogP contribution is -2.18. The van der Waals surface area contributed by atoms with E-state index in [0.717, 1.165) is 24.3 Å². The number of unbranched alkanes of at least 4 members (excludes halogenated alkanes) is 1. The van der Waals surface area contributed by atoms with Gasteiger partial charge < -0.3 is 9.47 Å². The summed E-state index contributed by atoms with van der Waals surface area (Å²) in [5, 5.41) is 5.16. The molecule has 3 rings (SSSR count). The minimum Gasteiger partial charge on any atom is -0.482 e. The molecule has 0 N–H and O–H groups in total. The molecule has 1 aromatic carbocycles. The van der Waals surface area contributed by atoms with E-state index in [9.17, 15) is 9.59 Å². The summed E-state index contributed by atoms with van der Waals surface area (Å²) in [4.78, 5) is 28.8. The number of carbonyl (C=O) groups is 1. The number of ether oxygens (including phenoxy) is 2. The molecule has 26 heavy (non-hydrogen) atoms. The summed E-state index contributed by atoms with van der Waals surface area (Å²) in [6.45, 7) is 1.82. The van der Waals surface area contributed by atoms with E-state index >= 15 is 0 Å². The van der Waals surface area contributed by atoms with Gasteiger partial charge in [-0.15, -0.1) is 0 Å². The molecular weight excluding hydrogens is 354 g/mol. The van der Waals surface area contributed by atoms with Crippen molar-refractivity contribution in [3.8, 4) is 5.75 Å². The monoisotopic (exact) mass is 373 g/mol. The summed E-state index contributed by atoms with van der Waals surface area (Å²) >= 11 is 1.38. The molecule has 0 unspecified atom stereocenters. The van der Waals surface area contributed by atoms with Crippen molar-refractivity contribution in [3.63, 3.8) is 0 Å². The Kier molecular flexibility index (Phi) is 5.96. The second-order valence-corrected chi connectivity index (χ2v) is 6.68. The quantitative estimate of drug-likeness (QED) is 0.565. The Hall–Kier alpha value is -2.74. The summed E-state index contributed by atoms with van der Waals surface area (Å²) < 4.78 is 11.7. The van der Waals surface area contributed by atoms with Gasteiger partial charge in [-0.3, -0.25) is 4.79 Å². The molecule has 136 valence electrons. The molecule has 0 radical (unpaired) electrons. The fourth-order valence-corrected chi connectivity index (χ4v) is 3.21. The lowest BCUT2D eigenvalue weighted by molar-refractivity contribution is -0.147. The van der Waals surface area contributed by atoms with Gasteiger partial charge in [-0.25, -0.2) is 9.78 Å². The van der Waals surface area contributed by atoms with Crippen molar-refractivity contribution in [2.45, 2.75) is 32.8 Å². The van der Waals surface area contributed by atoms with Gasteiger partial charge in [0.2, 0.25) is 4.96 Å². The predicted octanol–water partition coefficient (Wildman–Crippen LogP) is 2.62. The first-order chi connectivity index (χ1) is 12.7. The van der Waals surface area contributed by atoms with E-state index < -0.39 is 5.97 Å². The molecule has 0 amide bonds. The number of aromatic nitrogens is 3. The number of nitrogens with zero attached hydrogens (tertiary/aromatic N) is 3. The van der Waals surface area contributed by atoms with Crippen LogP contribution in [-0.2, 0) is 22.6 Å². The minimum atomic E-state index is -0.524. The number of aryl methyl sites for hydroxylation is 1. The topological polar surface area (TPSA) is 82.8 Å². The van der Waals surface area contributed by atoms with E-state index in [4.69, 9.17) is 9.47 Å². The number of para-hydroxylation sites is 1. The maximum Gasteiger partial charge on any atom is 0.344 e. The largest absolute Gasteiger partial charge is 0.482 e. The predicted molar refractivity (Wildman–Crippen MR) is 97.5 cm³/mol. The van der Waals surface area contributed by atoms with Crippen LogP contribution in [0.25, 0.3) is 4.96 Å². The zero-order valence-corrected chi connectivity index (χ0v) is 15.2. The van der Waals surface area contributed by atoms with E-state index in [2.05, 4.69) is 17.0 Å². The van der Waals surface area contributed by atoms with E-state index in [0.29, 0.717) is 16.4 Å². The fraction of sp³-hybridized carbons (Fsp3) is 0.333. The van der Waals surface area contributed by atoms with Crippen LogP contribution < -0.4 is 10.3 Å². The summed E-state index contributed by atoms with van der Waals surface area (Å²) in [5.74, 6) is 0.0651. The van der Waals surface area contributed by atoms with E-state index in [-0.39, 0.29) is 18.8 Å². The van der Waals surface area contributed by atoms with Crippen molar-refractivity contribution in [1.29, 1.82) is 0 Å². The Labute approximate surface area is 154 Å². The van der Waals surface area contributed by atoms with Crippen LogP contribution in [0.5, 0.6) is 5.75 Å². The second-order valence-electron chi connectivity index (χ2n) is 5.64. The highest BCUT2D eigenvalue weighted by molar-refractivity contribution is 7.16. The molecule has 0 aliphatic carbocycles. The molecule has 0 aliphatic rings. The number of benzene rings is 1. The van der Waals surface area contributed by atoms with Crippen molar-refractivity contribution in [2.75, 3.05) is 6.61 Å². The van der Waals surface area contributed by atoms with Gasteiger partial charge in [0.15, 0.2) is 6.61 Å². The molecule has 2 heterocycles. The normalized spacial score (nSPS) is 10.8. The van der Waals surface area contributed by atoms with Gasteiger partial charge in [0, 0.05) is 12.5 Å². The molecule has 2 aromatic heterocycles. The standard InChI is InChI=1S/C18H19N3O4S/c1-2-3-9-15-20-21-16(22)10-13(19-18(21)26-15)11-25-17(23)12-24-14-7-5-4-6-8-14/h4-8,10H,2-3,9,11-12H2,1H3. The molecule has 0 aliphatic heterocycles. The van der Waals surface area contributed by atoms with Gasteiger partial charge in [-0.05, 0) is 18.6 Å². The third-order valence-corrected chi connectivity index (χ3v) is 4.53. The smallest absolute Gasteiger partial charge is 0.344 e. The van der Waals surface area contributed by atoms with E-state index in [1.54, 1.807) is 12.1 Å². The number of rotatable bonds is 8. The fourth-order valence-electron chi connectivity index (χ4n) is 2.25. The average Bonchev–Trinajstić information content (AvgIpc) is 3.07. The minimum absolute atomic E-state index is 0.0785. The number of hydrogen-bond donors (Lipinski definition) is 0. The Morgan fingerprint density at radius 2 is 2.08 bits per heavy atom. The molecule has 0 bridgehead atoms. The Morgan fingerprint density at radius 3 is 2.85 bits per heavy atom. The molecular formula is C18H19N3O4S. The van der Waals surface area contributed by atoms with Gasteiger partial charge >= 0.3 is 5.97 Å². The molecule has 0 saturated heterocycles.